The summed E-state index contributed by atoms with van der Waals surface area (Å²) in [6, 6.07) is 11.1. The van der Waals surface area contributed by atoms with Gasteiger partial charge in [0.25, 0.3) is 0 Å². The van der Waals surface area contributed by atoms with Crippen LogP contribution in [0.5, 0.6) is 0 Å². The van der Waals surface area contributed by atoms with Crippen LogP contribution in [-0.4, -0.2) is 51.5 Å². The summed E-state index contributed by atoms with van der Waals surface area (Å²) in [7, 11) is 0. The minimum absolute atomic E-state index is 0.805. The Hall–Kier alpha value is -2.05. The van der Waals surface area contributed by atoms with Crippen molar-refractivity contribution < 1.29 is 0 Å². The summed E-state index contributed by atoms with van der Waals surface area (Å²) >= 11 is 1.53. The average Bonchev–Trinajstić information content (AvgIpc) is 3.19. The molecule has 1 aliphatic heterocycles. The van der Waals surface area contributed by atoms with Crippen LogP contribution in [0, 0.1) is 0 Å². The Morgan fingerprint density at radius 2 is 1.67 bits per heavy atom. The van der Waals surface area contributed by atoms with Gasteiger partial charge < -0.3 is 4.90 Å². The Bertz CT molecular complexity index is 895. The lowest BCUT2D eigenvalue weighted by atomic mass is 9.94. The molecule has 1 aromatic carbocycles. The van der Waals surface area contributed by atoms with Gasteiger partial charge in [-0.1, -0.05) is 49.6 Å². The molecule has 0 amide bonds. The molecule has 0 bridgehead atoms. The third-order valence-corrected chi connectivity index (χ3v) is 6.82. The van der Waals surface area contributed by atoms with Crippen molar-refractivity contribution in [3.8, 4) is 11.3 Å². The van der Waals surface area contributed by atoms with Gasteiger partial charge in [-0.15, -0.1) is 0 Å². The Morgan fingerprint density at radius 1 is 0.889 bits per heavy atom. The molecule has 5 nitrogen and oxygen atoms in total. The zero-order chi connectivity index (χ0) is 18.1. The Labute approximate surface area is 164 Å². The van der Waals surface area contributed by atoms with Crippen LogP contribution in [0.4, 0.5) is 5.82 Å². The van der Waals surface area contributed by atoms with E-state index in [9.17, 15) is 0 Å². The molecule has 2 aromatic heterocycles. The summed E-state index contributed by atoms with van der Waals surface area (Å²) in [4.78, 5) is 14.3. The SMILES string of the molecule is c1ccc(-c2nsc3c(N4CCN(C5CCCCC5)CC4)ncnc23)cc1. The molecule has 140 valence electrons. The molecule has 5 rings (SSSR count). The second kappa shape index (κ2) is 7.52. The monoisotopic (exact) mass is 379 g/mol. The first kappa shape index (κ1) is 17.1. The first-order valence-electron chi connectivity index (χ1n) is 10.0. The second-order valence-electron chi connectivity index (χ2n) is 7.59. The number of nitrogens with zero attached hydrogens (tertiary/aromatic N) is 5. The predicted molar refractivity (Wildman–Crippen MR) is 111 cm³/mol. The highest BCUT2D eigenvalue weighted by atomic mass is 32.1. The van der Waals surface area contributed by atoms with Crippen molar-refractivity contribution in [2.24, 2.45) is 0 Å². The molecule has 0 atom stereocenters. The first-order valence-corrected chi connectivity index (χ1v) is 10.8. The molecule has 6 heteroatoms. The molecule has 1 saturated heterocycles. The summed E-state index contributed by atoms with van der Waals surface area (Å²) < 4.78 is 5.82. The molecule has 3 aromatic rings. The third kappa shape index (κ3) is 3.32. The molecule has 27 heavy (non-hydrogen) atoms. The van der Waals surface area contributed by atoms with Crippen LogP contribution in [0.1, 0.15) is 32.1 Å². The Balaban J connectivity index is 1.37. The number of fused-ring (bicyclic) bond motifs is 1. The van der Waals surface area contributed by atoms with Gasteiger partial charge in [-0.25, -0.2) is 9.97 Å². The molecule has 1 saturated carbocycles. The fourth-order valence-corrected chi connectivity index (χ4v) is 5.38. The molecule has 2 aliphatic rings. The zero-order valence-corrected chi connectivity index (χ0v) is 16.4. The number of anilines is 1. The van der Waals surface area contributed by atoms with Crippen LogP contribution in [0.3, 0.4) is 0 Å². The van der Waals surface area contributed by atoms with Gasteiger partial charge in [0.2, 0.25) is 0 Å². The summed E-state index contributed by atoms with van der Waals surface area (Å²) in [5.74, 6) is 1.06. The van der Waals surface area contributed by atoms with Crippen LogP contribution in [0.2, 0.25) is 0 Å². The zero-order valence-electron chi connectivity index (χ0n) is 15.5. The van der Waals surface area contributed by atoms with E-state index in [0.717, 1.165) is 59.5 Å². The molecule has 2 fully saturated rings. The molecule has 0 spiro atoms. The molecular formula is C21H25N5S. The predicted octanol–water partition coefficient (Wildman–Crippen LogP) is 4.21. The lowest BCUT2D eigenvalue weighted by Gasteiger charge is -2.41. The van der Waals surface area contributed by atoms with Gasteiger partial charge in [0.15, 0.2) is 5.82 Å². The normalized spacial score (nSPS) is 19.6. The minimum Gasteiger partial charge on any atom is -0.353 e. The van der Waals surface area contributed by atoms with E-state index in [1.165, 1.54) is 43.6 Å². The van der Waals surface area contributed by atoms with Crippen molar-refractivity contribution in [3.63, 3.8) is 0 Å². The number of benzene rings is 1. The van der Waals surface area contributed by atoms with E-state index in [1.807, 2.05) is 18.2 Å². The maximum absolute atomic E-state index is 4.71. The standard InChI is InChI=1S/C21H25N5S/c1-3-7-16(8-4-1)18-19-20(27-24-18)21(23-15-22-19)26-13-11-25(12-14-26)17-9-5-2-6-10-17/h1,3-4,7-8,15,17H,2,5-6,9-14H2. The minimum atomic E-state index is 0.805. The Kier molecular flexibility index (Phi) is 4.76. The van der Waals surface area contributed by atoms with Crippen molar-refractivity contribution in [2.45, 2.75) is 38.1 Å². The van der Waals surface area contributed by atoms with Crippen molar-refractivity contribution in [2.75, 3.05) is 31.1 Å². The van der Waals surface area contributed by atoms with Gasteiger partial charge in [-0.05, 0) is 24.4 Å². The van der Waals surface area contributed by atoms with Crippen LogP contribution < -0.4 is 4.90 Å². The lowest BCUT2D eigenvalue weighted by Crippen LogP contribution is -2.51. The third-order valence-electron chi connectivity index (χ3n) is 5.99. The maximum atomic E-state index is 4.71. The summed E-state index contributed by atoms with van der Waals surface area (Å²) in [5, 5.41) is 0. The van der Waals surface area contributed by atoms with Crippen LogP contribution in [0.25, 0.3) is 21.5 Å². The van der Waals surface area contributed by atoms with Crippen molar-refractivity contribution in [1.29, 1.82) is 0 Å². The summed E-state index contributed by atoms with van der Waals surface area (Å²) in [5.41, 5.74) is 3.07. The van der Waals surface area contributed by atoms with Gasteiger partial charge >= 0.3 is 0 Å². The first-order chi connectivity index (χ1) is 13.4. The van der Waals surface area contributed by atoms with Crippen LogP contribution in [0.15, 0.2) is 36.7 Å². The number of aromatic nitrogens is 3. The average molecular weight is 380 g/mol. The van der Waals surface area contributed by atoms with E-state index in [4.69, 9.17) is 4.37 Å². The van der Waals surface area contributed by atoms with Crippen LogP contribution >= 0.6 is 11.5 Å². The highest BCUT2D eigenvalue weighted by Gasteiger charge is 2.27. The quantitative estimate of drug-likeness (QED) is 0.682. The van der Waals surface area contributed by atoms with Gasteiger partial charge in [0.1, 0.15) is 22.2 Å². The highest BCUT2D eigenvalue weighted by Crippen LogP contribution is 2.34. The largest absolute Gasteiger partial charge is 0.353 e. The van der Waals surface area contributed by atoms with Crippen molar-refractivity contribution in [1.82, 2.24) is 19.2 Å². The Morgan fingerprint density at radius 3 is 2.44 bits per heavy atom. The van der Waals surface area contributed by atoms with Crippen molar-refractivity contribution in [3.05, 3.63) is 36.7 Å². The van der Waals surface area contributed by atoms with Gasteiger partial charge in [-0.2, -0.15) is 4.37 Å². The molecule has 3 heterocycles. The molecular weight excluding hydrogens is 354 g/mol. The van der Waals surface area contributed by atoms with E-state index in [-0.39, 0.29) is 0 Å². The smallest absolute Gasteiger partial charge is 0.151 e. The number of hydrogen-bond donors (Lipinski definition) is 0. The van der Waals surface area contributed by atoms with Crippen LogP contribution in [-0.2, 0) is 0 Å². The molecule has 0 N–H and O–H groups in total. The van der Waals surface area contributed by atoms with E-state index >= 15 is 0 Å². The topological polar surface area (TPSA) is 45.2 Å². The highest BCUT2D eigenvalue weighted by molar-refractivity contribution is 7.14. The van der Waals surface area contributed by atoms with Crippen molar-refractivity contribution >= 4 is 27.6 Å². The number of hydrogen-bond acceptors (Lipinski definition) is 6. The maximum Gasteiger partial charge on any atom is 0.151 e. The molecule has 0 unspecified atom stereocenters. The fraction of sp³-hybridized carbons (Fsp3) is 0.476. The number of rotatable bonds is 3. The van der Waals surface area contributed by atoms with Gasteiger partial charge in [-0.3, -0.25) is 4.90 Å². The van der Waals surface area contributed by atoms with E-state index < -0.39 is 0 Å². The van der Waals surface area contributed by atoms with E-state index in [0.29, 0.717) is 0 Å². The summed E-state index contributed by atoms with van der Waals surface area (Å²) in [6.07, 6.45) is 8.69. The summed E-state index contributed by atoms with van der Waals surface area (Å²) in [6.45, 7) is 4.36. The molecule has 1 aliphatic carbocycles. The molecule has 0 radical (unpaired) electrons. The second-order valence-corrected chi connectivity index (χ2v) is 8.36. The lowest BCUT2D eigenvalue weighted by molar-refractivity contribution is 0.148. The fourth-order valence-electron chi connectivity index (χ4n) is 4.51. The number of piperazine rings is 1. The van der Waals surface area contributed by atoms with E-state index in [1.54, 1.807) is 6.33 Å². The van der Waals surface area contributed by atoms with Gasteiger partial charge in [0, 0.05) is 37.8 Å². The van der Waals surface area contributed by atoms with E-state index in [2.05, 4.69) is 31.9 Å². The van der Waals surface area contributed by atoms with Gasteiger partial charge in [0.05, 0.1) is 0 Å².